The van der Waals surface area contributed by atoms with Crippen LogP contribution in [0.15, 0.2) is 78.9 Å². The third-order valence-corrected chi connectivity index (χ3v) is 6.50. The van der Waals surface area contributed by atoms with Gasteiger partial charge in [-0.2, -0.15) is 0 Å². The van der Waals surface area contributed by atoms with Crippen LogP contribution in [0.25, 0.3) is 32.8 Å². The van der Waals surface area contributed by atoms with Crippen LogP contribution in [0.5, 0.6) is 11.6 Å². The summed E-state index contributed by atoms with van der Waals surface area (Å²) in [7, 11) is 0. The summed E-state index contributed by atoms with van der Waals surface area (Å²) in [5.41, 5.74) is 2.54. The molecule has 0 aliphatic carbocycles. The van der Waals surface area contributed by atoms with Crippen LogP contribution in [0, 0.1) is 0 Å². The zero-order valence-electron chi connectivity index (χ0n) is 19.5. The topological polar surface area (TPSA) is 109 Å². The SMILES string of the molecule is O=C(O)Oc1[nH]c2c(-c3cc(C(=O)O)ccc3Cl)cccc2c1CCCOc1cccc2ccccc12. The van der Waals surface area contributed by atoms with Gasteiger partial charge < -0.3 is 24.7 Å². The van der Waals surface area contributed by atoms with E-state index in [0.717, 1.165) is 21.9 Å². The van der Waals surface area contributed by atoms with Crippen molar-refractivity contribution in [2.45, 2.75) is 12.8 Å². The van der Waals surface area contributed by atoms with Gasteiger partial charge in [0, 0.05) is 32.5 Å². The van der Waals surface area contributed by atoms with Gasteiger partial charge in [0.15, 0.2) is 0 Å². The van der Waals surface area contributed by atoms with Crippen molar-refractivity contribution in [3.8, 4) is 22.8 Å². The van der Waals surface area contributed by atoms with E-state index in [0.29, 0.717) is 46.7 Å². The maximum absolute atomic E-state index is 11.5. The number of hydrogen-bond donors (Lipinski definition) is 3. The molecule has 7 nitrogen and oxygen atoms in total. The number of carboxylic acids is 1. The van der Waals surface area contributed by atoms with Gasteiger partial charge in [0.05, 0.1) is 17.7 Å². The molecule has 0 aliphatic heterocycles. The van der Waals surface area contributed by atoms with Gasteiger partial charge in [-0.1, -0.05) is 66.2 Å². The molecule has 0 amide bonds. The molecule has 0 saturated carbocycles. The number of nitrogens with one attached hydrogen (secondary N) is 1. The molecular formula is C29H22ClNO6. The highest BCUT2D eigenvalue weighted by Gasteiger charge is 2.19. The van der Waals surface area contributed by atoms with Crippen molar-refractivity contribution < 1.29 is 29.3 Å². The zero-order chi connectivity index (χ0) is 25.9. The summed E-state index contributed by atoms with van der Waals surface area (Å²) in [5, 5.41) is 22.0. The molecule has 5 rings (SSSR count). The molecule has 1 heterocycles. The van der Waals surface area contributed by atoms with E-state index < -0.39 is 12.1 Å². The summed E-state index contributed by atoms with van der Waals surface area (Å²) < 4.78 is 11.1. The number of aromatic amines is 1. The molecule has 0 bridgehead atoms. The van der Waals surface area contributed by atoms with Crippen molar-refractivity contribution >= 4 is 45.4 Å². The number of hydrogen-bond acceptors (Lipinski definition) is 4. The number of benzene rings is 4. The third-order valence-electron chi connectivity index (χ3n) is 6.17. The Bertz CT molecular complexity index is 1640. The number of carbonyl (C=O) groups is 2. The fourth-order valence-electron chi connectivity index (χ4n) is 4.51. The minimum atomic E-state index is -1.44. The summed E-state index contributed by atoms with van der Waals surface area (Å²) in [5.74, 6) is -0.168. The number of aromatic carboxylic acids is 1. The normalized spacial score (nSPS) is 11.1. The van der Waals surface area contributed by atoms with Crippen LogP contribution >= 0.6 is 11.6 Å². The second kappa shape index (κ2) is 10.2. The predicted molar refractivity (Wildman–Crippen MR) is 142 cm³/mol. The van der Waals surface area contributed by atoms with Crippen LogP contribution in [0.2, 0.25) is 5.02 Å². The first-order valence-electron chi connectivity index (χ1n) is 11.6. The zero-order valence-corrected chi connectivity index (χ0v) is 20.3. The molecule has 1 aromatic heterocycles. The molecule has 0 spiro atoms. The minimum absolute atomic E-state index is 0.0933. The Morgan fingerprint density at radius 2 is 1.62 bits per heavy atom. The second-order valence-electron chi connectivity index (χ2n) is 8.46. The first kappa shape index (κ1) is 24.2. The number of carboxylic acid groups (broad SMARTS) is 2. The van der Waals surface area contributed by atoms with E-state index in [-0.39, 0.29) is 11.4 Å². The van der Waals surface area contributed by atoms with Gasteiger partial charge in [-0.15, -0.1) is 0 Å². The second-order valence-corrected chi connectivity index (χ2v) is 8.87. The number of rotatable bonds is 8. The maximum Gasteiger partial charge on any atom is 0.512 e. The van der Waals surface area contributed by atoms with Gasteiger partial charge >= 0.3 is 12.1 Å². The van der Waals surface area contributed by atoms with Crippen LogP contribution in [-0.2, 0) is 6.42 Å². The molecule has 0 atom stereocenters. The third kappa shape index (κ3) is 4.94. The average Bonchev–Trinajstić information content (AvgIpc) is 3.23. The van der Waals surface area contributed by atoms with Gasteiger partial charge in [-0.3, -0.25) is 0 Å². The molecule has 8 heteroatoms. The van der Waals surface area contributed by atoms with Gasteiger partial charge in [0.1, 0.15) is 5.75 Å². The summed E-state index contributed by atoms with van der Waals surface area (Å²) in [6, 6.07) is 23.8. The number of aryl methyl sites for hydroxylation is 1. The van der Waals surface area contributed by atoms with E-state index in [1.165, 1.54) is 18.2 Å². The average molecular weight is 516 g/mol. The summed E-state index contributed by atoms with van der Waals surface area (Å²) in [4.78, 5) is 26.0. The van der Waals surface area contributed by atoms with Crippen molar-refractivity contribution in [1.82, 2.24) is 4.98 Å². The van der Waals surface area contributed by atoms with Crippen molar-refractivity contribution in [2.24, 2.45) is 0 Å². The number of halogens is 1. The van der Waals surface area contributed by atoms with E-state index in [1.807, 2.05) is 54.6 Å². The van der Waals surface area contributed by atoms with Crippen LogP contribution < -0.4 is 9.47 Å². The summed E-state index contributed by atoms with van der Waals surface area (Å²) in [6.07, 6.45) is -0.349. The predicted octanol–water partition coefficient (Wildman–Crippen LogP) is 7.41. The van der Waals surface area contributed by atoms with Crippen LogP contribution in [0.1, 0.15) is 22.3 Å². The largest absolute Gasteiger partial charge is 0.512 e. The van der Waals surface area contributed by atoms with E-state index >= 15 is 0 Å². The summed E-state index contributed by atoms with van der Waals surface area (Å²) in [6.45, 7) is 0.416. The van der Waals surface area contributed by atoms with Gasteiger partial charge in [0.25, 0.3) is 0 Å². The Hall–Kier alpha value is -4.49. The smallest absolute Gasteiger partial charge is 0.493 e. The van der Waals surface area contributed by atoms with E-state index in [1.54, 1.807) is 6.07 Å². The molecule has 0 unspecified atom stereocenters. The van der Waals surface area contributed by atoms with Crippen LogP contribution in [-0.4, -0.2) is 33.9 Å². The summed E-state index contributed by atoms with van der Waals surface area (Å²) >= 11 is 6.42. The fraction of sp³-hybridized carbons (Fsp3) is 0.103. The van der Waals surface area contributed by atoms with Crippen molar-refractivity contribution in [2.75, 3.05) is 6.61 Å². The van der Waals surface area contributed by atoms with Crippen molar-refractivity contribution in [1.29, 1.82) is 0 Å². The molecule has 4 aromatic carbocycles. The highest BCUT2D eigenvalue weighted by molar-refractivity contribution is 6.34. The lowest BCUT2D eigenvalue weighted by Gasteiger charge is -2.10. The molecule has 186 valence electrons. The molecular weight excluding hydrogens is 494 g/mol. The maximum atomic E-state index is 11.5. The van der Waals surface area contributed by atoms with E-state index in [9.17, 15) is 19.8 Å². The number of fused-ring (bicyclic) bond motifs is 2. The first-order valence-corrected chi connectivity index (χ1v) is 12.0. The molecule has 3 N–H and O–H groups in total. The fourth-order valence-corrected chi connectivity index (χ4v) is 4.73. The van der Waals surface area contributed by atoms with Gasteiger partial charge in [-0.25, -0.2) is 9.59 Å². The van der Waals surface area contributed by atoms with Gasteiger partial charge in [0.2, 0.25) is 5.88 Å². The van der Waals surface area contributed by atoms with E-state index in [2.05, 4.69) is 4.98 Å². The Morgan fingerprint density at radius 3 is 2.43 bits per heavy atom. The monoisotopic (exact) mass is 515 g/mol. The number of ether oxygens (including phenoxy) is 2. The molecule has 5 aromatic rings. The number of aromatic nitrogens is 1. The lowest BCUT2D eigenvalue weighted by Crippen LogP contribution is -2.06. The minimum Gasteiger partial charge on any atom is -0.493 e. The Labute approximate surface area is 216 Å². The molecule has 0 radical (unpaired) electrons. The molecule has 0 saturated heterocycles. The number of para-hydroxylation sites is 1. The van der Waals surface area contributed by atoms with Crippen LogP contribution in [0.3, 0.4) is 0 Å². The lowest BCUT2D eigenvalue weighted by molar-refractivity contribution is 0.0696. The quantitative estimate of drug-likeness (QED) is 0.147. The standard InChI is InChI=1S/C29H22ClNO6/c30-24-14-13-18(28(32)33)16-23(24)21-10-4-9-20-22(27(31-26(20)21)37-29(34)35)11-5-15-36-25-12-3-7-17-6-1-2-8-19(17)25/h1-4,6-10,12-14,16,31H,5,11,15H2,(H,32,33)(H,34,35). The van der Waals surface area contributed by atoms with Crippen LogP contribution in [0.4, 0.5) is 4.79 Å². The first-order chi connectivity index (χ1) is 17.9. The Balaban J connectivity index is 1.45. The molecule has 0 aliphatic rings. The highest BCUT2D eigenvalue weighted by Crippen LogP contribution is 2.38. The Morgan fingerprint density at radius 1 is 0.865 bits per heavy atom. The van der Waals surface area contributed by atoms with E-state index in [4.69, 9.17) is 21.1 Å². The molecule has 37 heavy (non-hydrogen) atoms. The van der Waals surface area contributed by atoms with Gasteiger partial charge in [-0.05, 0) is 42.5 Å². The highest BCUT2D eigenvalue weighted by atomic mass is 35.5. The van der Waals surface area contributed by atoms with Crippen molar-refractivity contribution in [3.05, 3.63) is 95.0 Å². The van der Waals surface area contributed by atoms with Crippen molar-refractivity contribution in [3.63, 3.8) is 0 Å². The lowest BCUT2D eigenvalue weighted by atomic mass is 9.99. The molecule has 0 fully saturated rings. The Kier molecular flexibility index (Phi) is 6.70. The number of H-pyrrole nitrogens is 1.